The molecular formula is C18H29N3O4S. The van der Waals surface area contributed by atoms with E-state index >= 15 is 0 Å². The zero-order valence-electron chi connectivity index (χ0n) is 15.8. The van der Waals surface area contributed by atoms with Gasteiger partial charge in [0.2, 0.25) is 15.9 Å². The lowest BCUT2D eigenvalue weighted by Gasteiger charge is -2.34. The number of aryl methyl sites for hydroxylation is 2. The molecule has 0 bridgehead atoms. The number of hydrogen-bond donors (Lipinski definition) is 1. The summed E-state index contributed by atoms with van der Waals surface area (Å²) in [4.78, 5) is 12.7. The minimum atomic E-state index is -3.59. The van der Waals surface area contributed by atoms with Crippen molar-refractivity contribution in [3.8, 4) is 0 Å². The van der Waals surface area contributed by atoms with Gasteiger partial charge in [-0.05, 0) is 45.4 Å². The van der Waals surface area contributed by atoms with E-state index in [9.17, 15) is 13.2 Å². The SMILES string of the molecule is Cc1noc(C)c1S(=O)(=O)N1CCC([C@H](C)C(=O)NC2CCCC2)CC1. The molecule has 1 aromatic rings. The summed E-state index contributed by atoms with van der Waals surface area (Å²) in [5, 5.41) is 6.92. The van der Waals surface area contributed by atoms with Crippen molar-refractivity contribution >= 4 is 15.9 Å². The van der Waals surface area contributed by atoms with Gasteiger partial charge in [0.15, 0.2) is 5.76 Å². The molecule has 1 aromatic heterocycles. The lowest BCUT2D eigenvalue weighted by atomic mass is 9.85. The number of piperidine rings is 1. The summed E-state index contributed by atoms with van der Waals surface area (Å²) in [5.74, 6) is 0.574. The maximum Gasteiger partial charge on any atom is 0.248 e. The van der Waals surface area contributed by atoms with Crippen LogP contribution >= 0.6 is 0 Å². The first-order chi connectivity index (χ1) is 12.3. The monoisotopic (exact) mass is 383 g/mol. The van der Waals surface area contributed by atoms with Crippen molar-refractivity contribution in [2.24, 2.45) is 11.8 Å². The van der Waals surface area contributed by atoms with Gasteiger partial charge in [-0.15, -0.1) is 0 Å². The smallest absolute Gasteiger partial charge is 0.248 e. The van der Waals surface area contributed by atoms with Gasteiger partial charge >= 0.3 is 0 Å². The summed E-state index contributed by atoms with van der Waals surface area (Å²) in [5.41, 5.74) is 0.397. The molecule has 1 saturated heterocycles. The minimum absolute atomic E-state index is 0.0838. The summed E-state index contributed by atoms with van der Waals surface area (Å²) >= 11 is 0. The van der Waals surface area contributed by atoms with E-state index in [1.165, 1.54) is 17.1 Å². The highest BCUT2D eigenvalue weighted by Crippen LogP contribution is 2.31. The second kappa shape index (κ2) is 7.68. The number of nitrogens with one attached hydrogen (secondary N) is 1. The first kappa shape index (κ1) is 19.4. The van der Waals surface area contributed by atoms with Gasteiger partial charge in [-0.2, -0.15) is 4.31 Å². The molecule has 0 radical (unpaired) electrons. The van der Waals surface area contributed by atoms with E-state index in [0.29, 0.717) is 43.4 Å². The Kier molecular flexibility index (Phi) is 5.72. The van der Waals surface area contributed by atoms with E-state index in [2.05, 4.69) is 10.5 Å². The molecule has 0 spiro atoms. The summed E-state index contributed by atoms with van der Waals surface area (Å²) in [6.07, 6.45) is 5.93. The van der Waals surface area contributed by atoms with Crippen LogP contribution in [-0.2, 0) is 14.8 Å². The molecule has 1 atom stereocenters. The quantitative estimate of drug-likeness (QED) is 0.843. The number of sulfonamides is 1. The van der Waals surface area contributed by atoms with Gasteiger partial charge in [0, 0.05) is 25.0 Å². The van der Waals surface area contributed by atoms with Crippen molar-refractivity contribution in [2.45, 2.75) is 70.2 Å². The normalized spacial score (nSPS) is 21.8. The van der Waals surface area contributed by atoms with Crippen molar-refractivity contribution in [2.75, 3.05) is 13.1 Å². The van der Waals surface area contributed by atoms with E-state index in [1.807, 2.05) is 6.92 Å². The van der Waals surface area contributed by atoms with Crippen LogP contribution < -0.4 is 5.32 Å². The Morgan fingerprint density at radius 1 is 1.19 bits per heavy atom. The first-order valence-electron chi connectivity index (χ1n) is 9.54. The number of nitrogens with zero attached hydrogens (tertiary/aromatic N) is 2. The maximum absolute atomic E-state index is 12.9. The molecule has 26 heavy (non-hydrogen) atoms. The topological polar surface area (TPSA) is 92.5 Å². The second-order valence-corrected chi connectivity index (χ2v) is 9.55. The third-order valence-corrected chi connectivity index (χ3v) is 8.03. The van der Waals surface area contributed by atoms with Crippen LogP contribution in [-0.4, -0.2) is 42.9 Å². The Hall–Kier alpha value is -1.41. The zero-order chi connectivity index (χ0) is 18.9. The van der Waals surface area contributed by atoms with E-state index in [4.69, 9.17) is 4.52 Å². The van der Waals surface area contributed by atoms with Crippen LogP contribution in [0.2, 0.25) is 0 Å². The van der Waals surface area contributed by atoms with Gasteiger partial charge in [0.05, 0.1) is 0 Å². The van der Waals surface area contributed by atoms with Crippen molar-refractivity contribution in [3.63, 3.8) is 0 Å². The van der Waals surface area contributed by atoms with E-state index in [0.717, 1.165) is 12.8 Å². The average Bonchev–Trinajstić information content (AvgIpc) is 3.24. The molecule has 1 saturated carbocycles. The van der Waals surface area contributed by atoms with Crippen LogP contribution in [0.1, 0.15) is 56.9 Å². The van der Waals surface area contributed by atoms with Crippen LogP contribution in [0, 0.1) is 25.7 Å². The van der Waals surface area contributed by atoms with Gasteiger partial charge in [-0.3, -0.25) is 4.79 Å². The van der Waals surface area contributed by atoms with Gasteiger partial charge in [-0.25, -0.2) is 8.42 Å². The highest BCUT2D eigenvalue weighted by atomic mass is 32.2. The van der Waals surface area contributed by atoms with Crippen LogP contribution in [0.3, 0.4) is 0 Å². The lowest BCUT2D eigenvalue weighted by molar-refractivity contribution is -0.127. The number of hydrogen-bond acceptors (Lipinski definition) is 5. The Bertz CT molecular complexity index is 725. The number of amides is 1. The van der Waals surface area contributed by atoms with Gasteiger partial charge < -0.3 is 9.84 Å². The van der Waals surface area contributed by atoms with Crippen molar-refractivity contribution in [1.82, 2.24) is 14.8 Å². The standard InChI is InChI=1S/C18H29N3O4S/c1-12(18(22)19-16-6-4-5-7-16)15-8-10-21(11-9-15)26(23,24)17-13(2)20-25-14(17)3/h12,15-16H,4-11H2,1-3H3,(H,19,22)/t12-/m0/s1. The van der Waals surface area contributed by atoms with Crippen LogP contribution in [0.15, 0.2) is 9.42 Å². The summed E-state index contributed by atoms with van der Waals surface area (Å²) in [6, 6.07) is 0.324. The van der Waals surface area contributed by atoms with E-state index in [-0.39, 0.29) is 22.6 Å². The fourth-order valence-corrected chi connectivity index (χ4v) is 5.97. The van der Waals surface area contributed by atoms with Crippen molar-refractivity contribution in [1.29, 1.82) is 0 Å². The Balaban J connectivity index is 1.59. The van der Waals surface area contributed by atoms with Gasteiger partial charge in [-0.1, -0.05) is 24.9 Å². The third kappa shape index (κ3) is 3.81. The van der Waals surface area contributed by atoms with Crippen molar-refractivity contribution < 1.29 is 17.7 Å². The van der Waals surface area contributed by atoms with Crippen LogP contribution in [0.5, 0.6) is 0 Å². The molecule has 3 rings (SSSR count). The summed E-state index contributed by atoms with van der Waals surface area (Å²) in [6.45, 7) is 6.09. The molecule has 0 aromatic carbocycles. The van der Waals surface area contributed by atoms with E-state index < -0.39 is 10.0 Å². The molecule has 146 valence electrons. The zero-order valence-corrected chi connectivity index (χ0v) is 16.6. The molecule has 2 aliphatic rings. The van der Waals surface area contributed by atoms with Gasteiger partial charge in [0.1, 0.15) is 10.6 Å². The molecule has 1 aliphatic carbocycles. The highest BCUT2D eigenvalue weighted by molar-refractivity contribution is 7.89. The Morgan fingerprint density at radius 2 is 1.81 bits per heavy atom. The molecule has 1 N–H and O–H groups in total. The molecular weight excluding hydrogens is 354 g/mol. The molecule has 2 heterocycles. The summed E-state index contributed by atoms with van der Waals surface area (Å²) < 4.78 is 32.3. The lowest BCUT2D eigenvalue weighted by Crippen LogP contribution is -2.44. The molecule has 2 fully saturated rings. The van der Waals surface area contributed by atoms with Crippen LogP contribution in [0.25, 0.3) is 0 Å². The Labute approximate surface area is 155 Å². The molecule has 1 aliphatic heterocycles. The number of carbonyl (C=O) groups excluding carboxylic acids is 1. The maximum atomic E-state index is 12.9. The molecule has 1 amide bonds. The third-order valence-electron chi connectivity index (χ3n) is 5.89. The van der Waals surface area contributed by atoms with Gasteiger partial charge in [0.25, 0.3) is 0 Å². The average molecular weight is 384 g/mol. The van der Waals surface area contributed by atoms with Crippen LogP contribution in [0.4, 0.5) is 0 Å². The fourth-order valence-electron chi connectivity index (χ4n) is 4.20. The largest absolute Gasteiger partial charge is 0.360 e. The predicted octanol–water partition coefficient (Wildman–Crippen LogP) is 2.39. The van der Waals surface area contributed by atoms with E-state index in [1.54, 1.807) is 13.8 Å². The minimum Gasteiger partial charge on any atom is -0.360 e. The molecule has 7 nitrogen and oxygen atoms in total. The van der Waals surface area contributed by atoms with Crippen molar-refractivity contribution in [3.05, 3.63) is 11.5 Å². The first-order valence-corrected chi connectivity index (χ1v) is 11.0. The predicted molar refractivity (Wildman–Crippen MR) is 97.0 cm³/mol. The molecule has 0 unspecified atom stereocenters. The Morgan fingerprint density at radius 3 is 2.35 bits per heavy atom. The second-order valence-electron chi connectivity index (χ2n) is 7.67. The fraction of sp³-hybridized carbons (Fsp3) is 0.778. The number of rotatable bonds is 5. The number of carbonyl (C=O) groups is 1. The highest BCUT2D eigenvalue weighted by Gasteiger charge is 2.36. The number of aromatic nitrogens is 1. The molecule has 8 heteroatoms. The summed E-state index contributed by atoms with van der Waals surface area (Å²) in [7, 11) is -3.59.